The summed E-state index contributed by atoms with van der Waals surface area (Å²) in [5.41, 5.74) is 2.95. The molecule has 2 aromatic carbocycles. The third-order valence-electron chi connectivity index (χ3n) is 3.85. The third kappa shape index (κ3) is 3.32. The van der Waals surface area contributed by atoms with Gasteiger partial charge in [-0.3, -0.25) is 9.36 Å². The minimum absolute atomic E-state index is 0.0792. The van der Waals surface area contributed by atoms with Gasteiger partial charge in [-0.05, 0) is 36.2 Å². The van der Waals surface area contributed by atoms with Crippen LogP contribution in [0.1, 0.15) is 12.0 Å². The van der Waals surface area contributed by atoms with E-state index in [9.17, 15) is 9.59 Å². The summed E-state index contributed by atoms with van der Waals surface area (Å²) in [5, 5.41) is 2.85. The highest BCUT2D eigenvalue weighted by Crippen LogP contribution is 2.18. The van der Waals surface area contributed by atoms with Gasteiger partial charge < -0.3 is 14.5 Å². The number of carbonyl (C=O) groups excluding carboxylic acids is 1. The fraction of sp³-hybridized carbons (Fsp3) is 0.222. The van der Waals surface area contributed by atoms with E-state index in [4.69, 9.17) is 9.15 Å². The SMILES string of the molecule is COc1cccc(NC(=O)CCc2ccc3oc(=O)n(C)c3c2)c1. The lowest BCUT2D eigenvalue weighted by molar-refractivity contribution is -0.116. The largest absolute Gasteiger partial charge is 0.497 e. The first-order valence-corrected chi connectivity index (χ1v) is 7.59. The Morgan fingerprint density at radius 1 is 1.25 bits per heavy atom. The second-order valence-corrected chi connectivity index (χ2v) is 5.51. The summed E-state index contributed by atoms with van der Waals surface area (Å²) in [6.45, 7) is 0. The van der Waals surface area contributed by atoms with Gasteiger partial charge >= 0.3 is 5.76 Å². The molecular formula is C18H18N2O4. The summed E-state index contributed by atoms with van der Waals surface area (Å²) >= 11 is 0. The van der Waals surface area contributed by atoms with Crippen LogP contribution in [0.5, 0.6) is 5.75 Å². The fourth-order valence-electron chi connectivity index (χ4n) is 2.51. The zero-order valence-corrected chi connectivity index (χ0v) is 13.5. The van der Waals surface area contributed by atoms with Crippen LogP contribution in [-0.2, 0) is 18.3 Å². The first kappa shape index (κ1) is 15.9. The molecule has 1 aromatic heterocycles. The van der Waals surface area contributed by atoms with E-state index in [0.717, 1.165) is 11.1 Å². The monoisotopic (exact) mass is 326 g/mol. The number of ether oxygens (including phenoxy) is 1. The van der Waals surface area contributed by atoms with E-state index in [-0.39, 0.29) is 5.91 Å². The van der Waals surface area contributed by atoms with Crippen molar-refractivity contribution >= 4 is 22.7 Å². The highest BCUT2D eigenvalue weighted by Gasteiger charge is 2.08. The predicted molar refractivity (Wildman–Crippen MR) is 91.4 cm³/mol. The Bertz CT molecular complexity index is 940. The number of aromatic nitrogens is 1. The number of hydrogen-bond acceptors (Lipinski definition) is 4. The molecular weight excluding hydrogens is 308 g/mol. The van der Waals surface area contributed by atoms with Crippen LogP contribution in [0.15, 0.2) is 51.7 Å². The van der Waals surface area contributed by atoms with Crippen LogP contribution >= 0.6 is 0 Å². The van der Waals surface area contributed by atoms with Gasteiger partial charge in [0.2, 0.25) is 5.91 Å². The van der Waals surface area contributed by atoms with E-state index >= 15 is 0 Å². The third-order valence-corrected chi connectivity index (χ3v) is 3.85. The molecule has 0 aliphatic carbocycles. The Kier molecular flexibility index (Phi) is 4.37. The Labute approximate surface area is 138 Å². The quantitative estimate of drug-likeness (QED) is 0.782. The second kappa shape index (κ2) is 6.62. The summed E-state index contributed by atoms with van der Waals surface area (Å²) in [6, 6.07) is 12.7. The Hall–Kier alpha value is -3.02. The highest BCUT2D eigenvalue weighted by molar-refractivity contribution is 5.91. The van der Waals surface area contributed by atoms with E-state index in [1.165, 1.54) is 4.57 Å². The minimum atomic E-state index is -0.391. The Morgan fingerprint density at radius 3 is 2.88 bits per heavy atom. The highest BCUT2D eigenvalue weighted by atomic mass is 16.5. The van der Waals surface area contributed by atoms with Gasteiger partial charge in [-0.15, -0.1) is 0 Å². The molecule has 3 rings (SSSR count). The number of methoxy groups -OCH3 is 1. The number of nitrogens with zero attached hydrogens (tertiary/aromatic N) is 1. The summed E-state index contributed by atoms with van der Waals surface area (Å²) in [5.74, 6) is 0.224. The number of amides is 1. The number of fused-ring (bicyclic) bond motifs is 1. The van der Waals surface area contributed by atoms with Crippen molar-refractivity contribution in [3.8, 4) is 5.75 Å². The van der Waals surface area contributed by atoms with Crippen molar-refractivity contribution in [1.82, 2.24) is 4.57 Å². The van der Waals surface area contributed by atoms with E-state index in [1.54, 1.807) is 26.3 Å². The maximum absolute atomic E-state index is 12.1. The van der Waals surface area contributed by atoms with Gasteiger partial charge in [0, 0.05) is 25.2 Å². The van der Waals surface area contributed by atoms with Crippen LogP contribution in [0.3, 0.4) is 0 Å². The molecule has 0 radical (unpaired) electrons. The van der Waals surface area contributed by atoms with Crippen LogP contribution in [0.2, 0.25) is 0 Å². The molecule has 1 N–H and O–H groups in total. The van der Waals surface area contributed by atoms with E-state index in [2.05, 4.69) is 5.32 Å². The average molecular weight is 326 g/mol. The van der Waals surface area contributed by atoms with Crippen LogP contribution in [0.4, 0.5) is 5.69 Å². The molecule has 1 amide bonds. The number of hydrogen-bond donors (Lipinski definition) is 1. The minimum Gasteiger partial charge on any atom is -0.497 e. The van der Waals surface area contributed by atoms with Crippen molar-refractivity contribution in [1.29, 1.82) is 0 Å². The molecule has 0 fully saturated rings. The molecule has 0 aliphatic rings. The summed E-state index contributed by atoms with van der Waals surface area (Å²) in [4.78, 5) is 23.6. The molecule has 6 heteroatoms. The molecule has 0 saturated heterocycles. The van der Waals surface area contributed by atoms with E-state index < -0.39 is 5.76 Å². The van der Waals surface area contributed by atoms with Gasteiger partial charge in [-0.1, -0.05) is 12.1 Å². The standard InChI is InChI=1S/C18H18N2O4/c1-20-15-10-12(6-8-16(15)24-18(20)22)7-9-17(21)19-13-4-3-5-14(11-13)23-2/h3-6,8,10-11H,7,9H2,1-2H3,(H,19,21). The van der Waals surface area contributed by atoms with Gasteiger partial charge in [0.15, 0.2) is 5.58 Å². The molecule has 3 aromatic rings. The maximum atomic E-state index is 12.1. The van der Waals surface area contributed by atoms with E-state index in [0.29, 0.717) is 29.9 Å². The van der Waals surface area contributed by atoms with Gasteiger partial charge in [0.25, 0.3) is 0 Å². The van der Waals surface area contributed by atoms with Crippen LogP contribution in [0.25, 0.3) is 11.1 Å². The second-order valence-electron chi connectivity index (χ2n) is 5.51. The smallest absolute Gasteiger partial charge is 0.419 e. The van der Waals surface area contributed by atoms with Crippen molar-refractivity contribution in [2.24, 2.45) is 7.05 Å². The normalized spacial score (nSPS) is 10.8. The summed E-state index contributed by atoms with van der Waals surface area (Å²) in [7, 11) is 3.24. The van der Waals surface area contributed by atoms with E-state index in [1.807, 2.05) is 30.3 Å². The van der Waals surface area contributed by atoms with Crippen molar-refractivity contribution in [2.45, 2.75) is 12.8 Å². The first-order chi connectivity index (χ1) is 11.6. The molecule has 0 spiro atoms. The van der Waals surface area contributed by atoms with Crippen LogP contribution < -0.4 is 15.8 Å². The lowest BCUT2D eigenvalue weighted by Crippen LogP contribution is -2.12. The summed E-state index contributed by atoms with van der Waals surface area (Å²) < 4.78 is 11.7. The Morgan fingerprint density at radius 2 is 2.08 bits per heavy atom. The number of rotatable bonds is 5. The van der Waals surface area contributed by atoms with Crippen molar-refractivity contribution in [2.75, 3.05) is 12.4 Å². The molecule has 24 heavy (non-hydrogen) atoms. The van der Waals surface area contributed by atoms with Crippen molar-refractivity contribution in [3.05, 3.63) is 58.6 Å². The predicted octanol–water partition coefficient (Wildman–Crippen LogP) is 2.71. The number of anilines is 1. The van der Waals surface area contributed by atoms with Crippen molar-refractivity contribution in [3.63, 3.8) is 0 Å². The lowest BCUT2D eigenvalue weighted by atomic mass is 10.1. The number of benzene rings is 2. The van der Waals surface area contributed by atoms with Crippen LogP contribution in [0, 0.1) is 0 Å². The fourth-order valence-corrected chi connectivity index (χ4v) is 2.51. The molecule has 1 heterocycles. The molecule has 0 saturated carbocycles. The number of oxazole rings is 1. The topological polar surface area (TPSA) is 73.5 Å². The number of nitrogens with one attached hydrogen (secondary N) is 1. The molecule has 0 unspecified atom stereocenters. The number of aryl methyl sites for hydroxylation is 2. The molecule has 0 bridgehead atoms. The Balaban J connectivity index is 1.65. The maximum Gasteiger partial charge on any atom is 0.419 e. The zero-order chi connectivity index (χ0) is 17.1. The number of carbonyl (C=O) groups is 1. The lowest BCUT2D eigenvalue weighted by Gasteiger charge is -2.07. The molecule has 0 atom stereocenters. The van der Waals surface area contributed by atoms with Gasteiger partial charge in [0.1, 0.15) is 5.75 Å². The van der Waals surface area contributed by atoms with Crippen molar-refractivity contribution < 1.29 is 13.9 Å². The molecule has 0 aliphatic heterocycles. The first-order valence-electron chi connectivity index (χ1n) is 7.59. The van der Waals surface area contributed by atoms with Gasteiger partial charge in [-0.2, -0.15) is 0 Å². The average Bonchev–Trinajstić information content (AvgIpc) is 2.87. The zero-order valence-electron chi connectivity index (χ0n) is 13.5. The van der Waals surface area contributed by atoms with Crippen LogP contribution in [-0.4, -0.2) is 17.6 Å². The summed E-state index contributed by atoms with van der Waals surface area (Å²) in [6.07, 6.45) is 0.916. The van der Waals surface area contributed by atoms with Gasteiger partial charge in [0.05, 0.1) is 12.6 Å². The van der Waals surface area contributed by atoms with Gasteiger partial charge in [-0.25, -0.2) is 4.79 Å². The molecule has 6 nitrogen and oxygen atoms in total. The molecule has 124 valence electrons.